The lowest BCUT2D eigenvalue weighted by molar-refractivity contribution is -0.0505. The highest BCUT2D eigenvalue weighted by Gasteiger charge is 2.17. The van der Waals surface area contributed by atoms with Crippen LogP contribution >= 0.6 is 24.0 Å². The van der Waals surface area contributed by atoms with Crippen LogP contribution in [0.15, 0.2) is 23.2 Å². The normalized spacial score (nSPS) is 16.1. The van der Waals surface area contributed by atoms with Crippen LogP contribution in [-0.2, 0) is 11.3 Å². The van der Waals surface area contributed by atoms with Crippen LogP contribution in [0.25, 0.3) is 0 Å². The summed E-state index contributed by atoms with van der Waals surface area (Å²) in [5, 5.41) is 6.49. The molecule has 7 nitrogen and oxygen atoms in total. The van der Waals surface area contributed by atoms with Crippen molar-refractivity contribution in [2.45, 2.75) is 33.0 Å². The molecular weight excluding hydrogens is 497 g/mol. The highest BCUT2D eigenvalue weighted by Crippen LogP contribution is 2.27. The summed E-state index contributed by atoms with van der Waals surface area (Å²) >= 11 is 0. The van der Waals surface area contributed by atoms with E-state index < -0.39 is 6.61 Å². The van der Waals surface area contributed by atoms with Crippen molar-refractivity contribution < 1.29 is 23.0 Å². The summed E-state index contributed by atoms with van der Waals surface area (Å²) < 4.78 is 40.5. The van der Waals surface area contributed by atoms with Gasteiger partial charge in [0.15, 0.2) is 5.96 Å². The number of methoxy groups -OCH3 is 1. The maximum absolute atomic E-state index is 12.7. The summed E-state index contributed by atoms with van der Waals surface area (Å²) in [6.45, 7) is 6.17. The number of morpholine rings is 1. The summed E-state index contributed by atoms with van der Waals surface area (Å²) in [6.07, 6.45) is 0. The van der Waals surface area contributed by atoms with Crippen molar-refractivity contribution >= 4 is 29.9 Å². The van der Waals surface area contributed by atoms with Crippen LogP contribution in [0.1, 0.15) is 19.4 Å². The molecule has 0 saturated carbocycles. The van der Waals surface area contributed by atoms with Gasteiger partial charge in [0.05, 0.1) is 26.9 Å². The zero-order valence-corrected chi connectivity index (χ0v) is 19.5. The predicted octanol–water partition coefficient (Wildman–Crippen LogP) is 2.69. The largest absolute Gasteiger partial charge is 0.497 e. The molecule has 0 bridgehead atoms. The molecule has 29 heavy (non-hydrogen) atoms. The molecule has 1 fully saturated rings. The van der Waals surface area contributed by atoms with Crippen molar-refractivity contribution in [3.63, 3.8) is 0 Å². The second-order valence-electron chi connectivity index (χ2n) is 6.43. The van der Waals surface area contributed by atoms with Gasteiger partial charge in [-0.25, -0.2) is 4.99 Å². The third-order valence-electron chi connectivity index (χ3n) is 4.48. The topological polar surface area (TPSA) is 67.4 Å². The molecule has 0 aliphatic carbocycles. The smallest absolute Gasteiger partial charge is 0.387 e. The molecule has 0 spiro atoms. The zero-order valence-electron chi connectivity index (χ0n) is 17.1. The minimum atomic E-state index is -2.91. The van der Waals surface area contributed by atoms with E-state index in [0.717, 1.165) is 32.8 Å². The lowest BCUT2D eigenvalue weighted by atomic mass is 10.2. The number of nitrogens with zero attached hydrogens (tertiary/aromatic N) is 2. The van der Waals surface area contributed by atoms with E-state index in [1.807, 2.05) is 6.92 Å². The molecule has 166 valence electrons. The van der Waals surface area contributed by atoms with E-state index >= 15 is 0 Å². The maximum Gasteiger partial charge on any atom is 0.387 e. The first-order valence-electron chi connectivity index (χ1n) is 9.49. The van der Waals surface area contributed by atoms with Gasteiger partial charge in [0, 0.05) is 43.9 Å². The van der Waals surface area contributed by atoms with Gasteiger partial charge in [-0.2, -0.15) is 8.78 Å². The van der Waals surface area contributed by atoms with Crippen LogP contribution in [0.5, 0.6) is 11.5 Å². The van der Waals surface area contributed by atoms with Crippen LogP contribution in [0.2, 0.25) is 0 Å². The molecule has 0 aromatic heterocycles. The van der Waals surface area contributed by atoms with Gasteiger partial charge in [0.2, 0.25) is 0 Å². The molecule has 0 amide bonds. The van der Waals surface area contributed by atoms with Crippen LogP contribution in [0.3, 0.4) is 0 Å². The average molecular weight is 528 g/mol. The van der Waals surface area contributed by atoms with Gasteiger partial charge in [0.25, 0.3) is 0 Å². The predicted molar refractivity (Wildman–Crippen MR) is 120 cm³/mol. The Balaban J connectivity index is 0.00000420. The fraction of sp³-hybridized carbons (Fsp3) is 0.632. The molecule has 1 saturated heterocycles. The Morgan fingerprint density at radius 3 is 2.62 bits per heavy atom. The number of halogens is 3. The summed E-state index contributed by atoms with van der Waals surface area (Å²) in [7, 11) is 1.47. The summed E-state index contributed by atoms with van der Waals surface area (Å²) in [5.41, 5.74) is 0.555. The number of hydrogen-bond acceptors (Lipinski definition) is 5. The number of hydrogen-bond donors (Lipinski definition) is 2. The Labute approximate surface area is 188 Å². The molecule has 1 unspecified atom stereocenters. The Bertz CT molecular complexity index is 631. The lowest BCUT2D eigenvalue weighted by Gasteiger charge is -2.32. The van der Waals surface area contributed by atoms with Crippen LogP contribution < -0.4 is 20.1 Å². The molecule has 0 radical (unpaired) electrons. The van der Waals surface area contributed by atoms with Crippen molar-refractivity contribution in [2.75, 3.05) is 46.5 Å². The molecule has 10 heteroatoms. The third-order valence-corrected chi connectivity index (χ3v) is 4.48. The van der Waals surface area contributed by atoms with E-state index in [1.54, 1.807) is 12.1 Å². The molecule has 1 aliphatic heterocycles. The Hall–Kier alpha value is -1.40. The number of ether oxygens (including phenoxy) is 3. The second-order valence-corrected chi connectivity index (χ2v) is 6.43. The quantitative estimate of drug-likeness (QED) is 0.292. The highest BCUT2D eigenvalue weighted by molar-refractivity contribution is 14.0. The first kappa shape index (κ1) is 25.6. The van der Waals surface area contributed by atoms with E-state index in [0.29, 0.717) is 29.9 Å². The first-order chi connectivity index (χ1) is 13.5. The van der Waals surface area contributed by atoms with Crippen LogP contribution in [-0.4, -0.2) is 70.0 Å². The summed E-state index contributed by atoms with van der Waals surface area (Å²) in [5.74, 6) is 1.14. The van der Waals surface area contributed by atoms with Crippen molar-refractivity contribution in [3.8, 4) is 11.5 Å². The number of rotatable bonds is 9. The number of nitrogens with one attached hydrogen (secondary N) is 2. The van der Waals surface area contributed by atoms with Crippen molar-refractivity contribution in [3.05, 3.63) is 23.8 Å². The molecule has 1 aliphatic rings. The summed E-state index contributed by atoms with van der Waals surface area (Å²) in [4.78, 5) is 6.87. The molecule has 1 aromatic rings. The number of alkyl halides is 2. The molecule has 1 aromatic carbocycles. The molecule has 1 atom stereocenters. The van der Waals surface area contributed by atoms with Gasteiger partial charge in [-0.15, -0.1) is 24.0 Å². The van der Waals surface area contributed by atoms with E-state index in [1.165, 1.54) is 13.2 Å². The van der Waals surface area contributed by atoms with E-state index in [2.05, 4.69) is 32.2 Å². The monoisotopic (exact) mass is 528 g/mol. The van der Waals surface area contributed by atoms with Gasteiger partial charge < -0.3 is 24.8 Å². The fourth-order valence-electron chi connectivity index (χ4n) is 2.90. The standard InChI is InChI=1S/C19H30F2N4O3.HI/c1-4-22-19(23-12-14(2)25-7-9-27-10-8-25)24-13-15-5-6-16(26-3)11-17(15)28-18(20)21;/h5-6,11,14,18H,4,7-10,12-13H2,1-3H3,(H2,22,23,24);1H. The Morgan fingerprint density at radius 1 is 1.28 bits per heavy atom. The maximum atomic E-state index is 12.7. The second kappa shape index (κ2) is 13.8. The van der Waals surface area contributed by atoms with E-state index in [4.69, 9.17) is 9.47 Å². The van der Waals surface area contributed by atoms with Gasteiger partial charge in [-0.1, -0.05) is 0 Å². The minimum Gasteiger partial charge on any atom is -0.497 e. The van der Waals surface area contributed by atoms with Gasteiger partial charge in [-0.05, 0) is 26.0 Å². The summed E-state index contributed by atoms with van der Waals surface area (Å²) in [6, 6.07) is 5.15. The van der Waals surface area contributed by atoms with Gasteiger partial charge >= 0.3 is 6.61 Å². The van der Waals surface area contributed by atoms with E-state index in [9.17, 15) is 8.78 Å². The fourth-order valence-corrected chi connectivity index (χ4v) is 2.90. The third kappa shape index (κ3) is 8.87. The lowest BCUT2D eigenvalue weighted by Crippen LogP contribution is -2.49. The van der Waals surface area contributed by atoms with E-state index in [-0.39, 0.29) is 36.3 Å². The molecular formula is C19H31F2IN4O3. The molecule has 2 N–H and O–H groups in total. The van der Waals surface area contributed by atoms with Crippen LogP contribution in [0, 0.1) is 0 Å². The Morgan fingerprint density at radius 2 is 2.00 bits per heavy atom. The molecule has 1 heterocycles. The zero-order chi connectivity index (χ0) is 20.4. The van der Waals surface area contributed by atoms with Crippen molar-refractivity contribution in [2.24, 2.45) is 4.99 Å². The number of guanidine groups is 1. The van der Waals surface area contributed by atoms with Crippen molar-refractivity contribution in [1.82, 2.24) is 15.5 Å². The van der Waals surface area contributed by atoms with Crippen LogP contribution in [0.4, 0.5) is 8.78 Å². The molecule has 2 rings (SSSR count). The number of aliphatic imine (C=N–C) groups is 1. The SMILES string of the molecule is CCNC(=NCc1ccc(OC)cc1OC(F)F)NCC(C)N1CCOCC1.I. The first-order valence-corrected chi connectivity index (χ1v) is 9.49. The average Bonchev–Trinajstić information content (AvgIpc) is 2.70. The van der Waals surface area contributed by atoms with Crippen molar-refractivity contribution in [1.29, 1.82) is 0 Å². The Kier molecular flexibility index (Phi) is 12.2. The number of benzene rings is 1. The highest BCUT2D eigenvalue weighted by atomic mass is 127. The van der Waals surface area contributed by atoms with Gasteiger partial charge in [-0.3, -0.25) is 4.90 Å². The minimum absolute atomic E-state index is 0. The van der Waals surface area contributed by atoms with Gasteiger partial charge in [0.1, 0.15) is 11.5 Å².